The number of unbranched alkanes of at least 4 members (excludes halogenated alkanes) is 29. The molecule has 0 spiro atoms. The summed E-state index contributed by atoms with van der Waals surface area (Å²) in [5.74, 6) is 1.89. The highest BCUT2D eigenvalue weighted by atomic mass is 14.2. The first kappa shape index (κ1) is 42.7. The van der Waals surface area contributed by atoms with Crippen molar-refractivity contribution in [2.45, 2.75) is 259 Å². The zero-order valence-corrected chi connectivity index (χ0v) is 31.0. The highest BCUT2D eigenvalue weighted by Crippen LogP contribution is 2.32. The molecule has 43 heavy (non-hydrogen) atoms. The monoisotopic (exact) mass is 602 g/mol. The smallest absolute Gasteiger partial charge is 0.000545 e. The van der Waals surface area contributed by atoms with E-state index in [2.05, 4.69) is 33.8 Å². The van der Waals surface area contributed by atoms with Gasteiger partial charge in [-0.3, -0.25) is 0 Å². The van der Waals surface area contributed by atoms with Gasteiger partial charge in [-0.05, 0) is 38.5 Å². The average molecular weight is 602 g/mol. The first-order valence-corrected chi connectivity index (χ1v) is 20.8. The fourth-order valence-electron chi connectivity index (χ4n) is 6.82. The SMILES string of the molecule is CCCCCCCCCC/C=C(/CCCCCCCCCC)[C](CCCCCCCCCC)CCCCCCCCCC. The van der Waals surface area contributed by atoms with E-state index in [-0.39, 0.29) is 0 Å². The van der Waals surface area contributed by atoms with Gasteiger partial charge in [0.15, 0.2) is 0 Å². The second-order valence-electron chi connectivity index (χ2n) is 14.3. The van der Waals surface area contributed by atoms with Crippen LogP contribution in [-0.4, -0.2) is 0 Å². The summed E-state index contributed by atoms with van der Waals surface area (Å²) in [6, 6.07) is 0. The third-order valence-corrected chi connectivity index (χ3v) is 9.87. The van der Waals surface area contributed by atoms with Gasteiger partial charge in [0.1, 0.15) is 0 Å². The maximum Gasteiger partial charge on any atom is 0.000545 e. The molecule has 0 aromatic rings. The van der Waals surface area contributed by atoms with Crippen molar-refractivity contribution in [2.75, 3.05) is 0 Å². The summed E-state index contributed by atoms with van der Waals surface area (Å²) in [5, 5.41) is 0. The van der Waals surface area contributed by atoms with Gasteiger partial charge in [-0.15, -0.1) is 0 Å². The molecule has 0 aromatic carbocycles. The van der Waals surface area contributed by atoms with Crippen LogP contribution in [-0.2, 0) is 0 Å². The molecule has 0 N–H and O–H groups in total. The molecule has 0 fully saturated rings. The topological polar surface area (TPSA) is 0 Å². The van der Waals surface area contributed by atoms with Crippen LogP contribution in [0, 0.1) is 5.92 Å². The Morgan fingerprint density at radius 3 is 0.860 bits per heavy atom. The Bertz CT molecular complexity index is 496. The van der Waals surface area contributed by atoms with Gasteiger partial charge in [-0.2, -0.15) is 0 Å². The predicted molar refractivity (Wildman–Crippen MR) is 200 cm³/mol. The Hall–Kier alpha value is -0.260. The minimum absolute atomic E-state index is 1.33. The molecule has 0 bridgehead atoms. The molecule has 0 nitrogen and oxygen atoms in total. The van der Waals surface area contributed by atoms with Crippen molar-refractivity contribution in [2.24, 2.45) is 0 Å². The Morgan fingerprint density at radius 1 is 0.279 bits per heavy atom. The normalized spacial score (nSPS) is 12.2. The minimum atomic E-state index is 1.33. The largest absolute Gasteiger partial charge is 0.0847 e. The van der Waals surface area contributed by atoms with E-state index in [0.717, 1.165) is 0 Å². The molecule has 0 amide bonds. The summed E-state index contributed by atoms with van der Waals surface area (Å²) >= 11 is 0. The fourth-order valence-corrected chi connectivity index (χ4v) is 6.82. The number of hydrogen-bond donors (Lipinski definition) is 0. The molecule has 0 saturated carbocycles. The maximum absolute atomic E-state index is 2.75. The lowest BCUT2D eigenvalue weighted by molar-refractivity contribution is 0.535. The number of allylic oxidation sites excluding steroid dienone is 2. The van der Waals surface area contributed by atoms with E-state index in [0.29, 0.717) is 0 Å². The average Bonchev–Trinajstić information content (AvgIpc) is 3.02. The zero-order chi connectivity index (χ0) is 31.3. The molecular weight excluding hydrogens is 516 g/mol. The first-order chi connectivity index (χ1) is 21.3. The van der Waals surface area contributed by atoms with Crippen LogP contribution in [0.15, 0.2) is 11.6 Å². The van der Waals surface area contributed by atoms with Gasteiger partial charge in [0.2, 0.25) is 0 Å². The number of rotatable bonds is 37. The lowest BCUT2D eigenvalue weighted by Gasteiger charge is -2.21. The van der Waals surface area contributed by atoms with Gasteiger partial charge in [-0.1, -0.05) is 232 Å². The lowest BCUT2D eigenvalue weighted by Crippen LogP contribution is -2.04. The summed E-state index contributed by atoms with van der Waals surface area (Å²) in [7, 11) is 0. The third-order valence-electron chi connectivity index (χ3n) is 9.87. The number of hydrogen-bond acceptors (Lipinski definition) is 0. The lowest BCUT2D eigenvalue weighted by atomic mass is 9.84. The van der Waals surface area contributed by atoms with Gasteiger partial charge >= 0.3 is 0 Å². The van der Waals surface area contributed by atoms with E-state index in [4.69, 9.17) is 0 Å². The van der Waals surface area contributed by atoms with Crippen molar-refractivity contribution in [3.8, 4) is 0 Å². The van der Waals surface area contributed by atoms with Gasteiger partial charge in [0.25, 0.3) is 0 Å². The Morgan fingerprint density at radius 2 is 0.535 bits per heavy atom. The van der Waals surface area contributed by atoms with Crippen LogP contribution in [0.5, 0.6) is 0 Å². The first-order valence-electron chi connectivity index (χ1n) is 20.8. The standard InChI is InChI=1S/C43H85/c1-5-9-13-17-21-25-29-33-37-41-43(40-36-32-28-24-20-16-12-8-4)42(38-34-30-26-22-18-14-10-6-2)39-35-31-27-23-19-15-11-7-3/h41H,5-40H2,1-4H3/b43-41-. The summed E-state index contributed by atoms with van der Waals surface area (Å²) in [5.41, 5.74) is 1.82. The van der Waals surface area contributed by atoms with Crippen LogP contribution in [0.4, 0.5) is 0 Å². The molecule has 0 aromatic heterocycles. The van der Waals surface area contributed by atoms with Crippen molar-refractivity contribution in [1.82, 2.24) is 0 Å². The van der Waals surface area contributed by atoms with Crippen molar-refractivity contribution in [3.63, 3.8) is 0 Å². The summed E-state index contributed by atoms with van der Waals surface area (Å²) < 4.78 is 0. The second-order valence-corrected chi connectivity index (χ2v) is 14.3. The summed E-state index contributed by atoms with van der Waals surface area (Å²) in [6.45, 7) is 9.32. The van der Waals surface area contributed by atoms with Crippen molar-refractivity contribution < 1.29 is 0 Å². The molecule has 0 atom stereocenters. The molecule has 0 saturated heterocycles. The van der Waals surface area contributed by atoms with E-state index in [1.807, 2.05) is 11.5 Å². The molecule has 0 heteroatoms. The Kier molecular flexibility index (Phi) is 37.7. The van der Waals surface area contributed by atoms with Gasteiger partial charge in [-0.25, -0.2) is 0 Å². The van der Waals surface area contributed by atoms with Crippen LogP contribution >= 0.6 is 0 Å². The summed E-state index contributed by atoms with van der Waals surface area (Å²) in [6.07, 6.45) is 54.3. The zero-order valence-electron chi connectivity index (χ0n) is 31.0. The van der Waals surface area contributed by atoms with Crippen molar-refractivity contribution >= 4 is 0 Å². The van der Waals surface area contributed by atoms with Crippen molar-refractivity contribution in [1.29, 1.82) is 0 Å². The van der Waals surface area contributed by atoms with E-state index in [1.165, 1.54) is 231 Å². The van der Waals surface area contributed by atoms with Crippen LogP contribution in [0.25, 0.3) is 0 Å². The van der Waals surface area contributed by atoms with E-state index in [9.17, 15) is 0 Å². The van der Waals surface area contributed by atoms with Gasteiger partial charge in [0, 0.05) is 5.92 Å². The van der Waals surface area contributed by atoms with Crippen LogP contribution in [0.3, 0.4) is 0 Å². The molecule has 0 heterocycles. The van der Waals surface area contributed by atoms with Crippen LogP contribution < -0.4 is 0 Å². The molecule has 1 radical (unpaired) electrons. The van der Waals surface area contributed by atoms with E-state index in [1.54, 1.807) is 0 Å². The molecular formula is C43H85. The van der Waals surface area contributed by atoms with Crippen molar-refractivity contribution in [3.05, 3.63) is 17.6 Å². The molecule has 0 rings (SSSR count). The minimum Gasteiger partial charge on any atom is -0.0847 e. The third kappa shape index (κ3) is 32.9. The van der Waals surface area contributed by atoms with Crippen LogP contribution in [0.1, 0.15) is 259 Å². The van der Waals surface area contributed by atoms with E-state index < -0.39 is 0 Å². The van der Waals surface area contributed by atoms with Crippen LogP contribution in [0.2, 0.25) is 0 Å². The molecule has 0 aliphatic rings. The van der Waals surface area contributed by atoms with Gasteiger partial charge < -0.3 is 0 Å². The van der Waals surface area contributed by atoms with E-state index >= 15 is 0 Å². The highest BCUT2D eigenvalue weighted by molar-refractivity contribution is 5.24. The molecule has 257 valence electrons. The quantitative estimate of drug-likeness (QED) is 0.0621. The molecule has 0 aliphatic carbocycles. The molecule has 0 aliphatic heterocycles. The Labute approximate surface area is 275 Å². The maximum atomic E-state index is 2.75. The second kappa shape index (κ2) is 37.9. The Balaban J connectivity index is 4.86. The fraction of sp³-hybridized carbons (Fsp3) is 0.930. The van der Waals surface area contributed by atoms with Gasteiger partial charge in [0.05, 0.1) is 0 Å². The molecule has 0 unspecified atom stereocenters. The predicted octanol–water partition coefficient (Wildman–Crippen LogP) is 16.6. The summed E-state index contributed by atoms with van der Waals surface area (Å²) in [4.78, 5) is 0. The highest BCUT2D eigenvalue weighted by Gasteiger charge is 2.15.